The van der Waals surface area contributed by atoms with E-state index in [1.165, 1.54) is 0 Å². The SMILES string of the molecule is CC(C)N(CCNC(=O)c1cc(Cl)ccc1I)C(C)C. The maximum atomic E-state index is 12.1. The molecule has 5 heteroatoms. The van der Waals surface area contributed by atoms with Gasteiger partial charge in [-0.1, -0.05) is 11.6 Å². The van der Waals surface area contributed by atoms with Crippen molar-refractivity contribution in [2.24, 2.45) is 0 Å². The minimum absolute atomic E-state index is 0.0654. The van der Waals surface area contributed by atoms with Gasteiger partial charge in [0.1, 0.15) is 0 Å². The highest BCUT2D eigenvalue weighted by molar-refractivity contribution is 14.1. The quantitative estimate of drug-likeness (QED) is 0.726. The smallest absolute Gasteiger partial charge is 0.252 e. The summed E-state index contributed by atoms with van der Waals surface area (Å²) in [6.07, 6.45) is 0. The van der Waals surface area contributed by atoms with Gasteiger partial charge in [-0.25, -0.2) is 0 Å². The molecule has 20 heavy (non-hydrogen) atoms. The van der Waals surface area contributed by atoms with Gasteiger partial charge in [-0.15, -0.1) is 0 Å². The molecule has 0 fully saturated rings. The predicted molar refractivity (Wildman–Crippen MR) is 93.5 cm³/mol. The van der Waals surface area contributed by atoms with Crippen molar-refractivity contribution in [2.45, 2.75) is 39.8 Å². The summed E-state index contributed by atoms with van der Waals surface area (Å²) in [5.41, 5.74) is 0.638. The van der Waals surface area contributed by atoms with Crippen LogP contribution >= 0.6 is 34.2 Å². The Morgan fingerprint density at radius 3 is 2.45 bits per heavy atom. The number of rotatable bonds is 6. The standard InChI is InChI=1S/C15H22ClIN2O/c1-10(2)19(11(3)4)8-7-18-15(20)13-9-12(16)5-6-14(13)17/h5-6,9-11H,7-8H2,1-4H3,(H,18,20). The van der Waals surface area contributed by atoms with Gasteiger partial charge in [0.25, 0.3) is 5.91 Å². The van der Waals surface area contributed by atoms with Gasteiger partial charge in [0.2, 0.25) is 0 Å². The first-order valence-corrected chi connectivity index (χ1v) is 8.27. The summed E-state index contributed by atoms with van der Waals surface area (Å²) >= 11 is 8.09. The lowest BCUT2D eigenvalue weighted by molar-refractivity contribution is 0.0938. The van der Waals surface area contributed by atoms with Crippen LogP contribution in [0.5, 0.6) is 0 Å². The van der Waals surface area contributed by atoms with Crippen LogP contribution in [0.1, 0.15) is 38.1 Å². The first-order valence-electron chi connectivity index (χ1n) is 6.82. The Labute approximate surface area is 140 Å². The molecule has 0 unspecified atom stereocenters. The fraction of sp³-hybridized carbons (Fsp3) is 0.533. The van der Waals surface area contributed by atoms with Crippen molar-refractivity contribution in [3.05, 3.63) is 32.4 Å². The number of carbonyl (C=O) groups is 1. The molecule has 0 saturated carbocycles. The van der Waals surface area contributed by atoms with Crippen LogP contribution in [0.2, 0.25) is 5.02 Å². The normalized spacial score (nSPS) is 11.4. The Balaban J connectivity index is 2.57. The Bertz CT molecular complexity index is 455. The summed E-state index contributed by atoms with van der Waals surface area (Å²) in [6, 6.07) is 6.30. The second-order valence-corrected chi connectivity index (χ2v) is 6.90. The summed E-state index contributed by atoms with van der Waals surface area (Å²) in [5, 5.41) is 3.55. The molecule has 0 heterocycles. The van der Waals surface area contributed by atoms with E-state index in [1.807, 2.05) is 6.07 Å². The maximum Gasteiger partial charge on any atom is 0.252 e. The zero-order chi connectivity index (χ0) is 15.3. The molecule has 1 rings (SSSR count). The van der Waals surface area contributed by atoms with E-state index in [4.69, 9.17) is 11.6 Å². The third-order valence-corrected chi connectivity index (χ3v) is 4.33. The molecule has 1 N–H and O–H groups in total. The van der Waals surface area contributed by atoms with E-state index < -0.39 is 0 Å². The van der Waals surface area contributed by atoms with E-state index in [1.54, 1.807) is 12.1 Å². The average Bonchev–Trinajstić information content (AvgIpc) is 2.36. The van der Waals surface area contributed by atoms with Crippen molar-refractivity contribution in [3.8, 4) is 0 Å². The highest BCUT2D eigenvalue weighted by atomic mass is 127. The summed E-state index contributed by atoms with van der Waals surface area (Å²) in [7, 11) is 0. The summed E-state index contributed by atoms with van der Waals surface area (Å²) in [5.74, 6) is -0.0654. The molecular weight excluding hydrogens is 387 g/mol. The Morgan fingerprint density at radius 1 is 1.30 bits per heavy atom. The number of carbonyl (C=O) groups excluding carboxylic acids is 1. The van der Waals surface area contributed by atoms with E-state index in [2.05, 4.69) is 60.5 Å². The van der Waals surface area contributed by atoms with Gasteiger partial charge >= 0.3 is 0 Å². The minimum atomic E-state index is -0.0654. The third-order valence-electron chi connectivity index (χ3n) is 3.16. The van der Waals surface area contributed by atoms with Gasteiger partial charge in [0.15, 0.2) is 0 Å². The van der Waals surface area contributed by atoms with Crippen LogP contribution in [0.15, 0.2) is 18.2 Å². The van der Waals surface area contributed by atoms with Gasteiger partial charge in [-0.3, -0.25) is 9.69 Å². The number of amides is 1. The maximum absolute atomic E-state index is 12.1. The topological polar surface area (TPSA) is 32.3 Å². The molecule has 0 aliphatic carbocycles. The fourth-order valence-corrected chi connectivity index (χ4v) is 2.93. The summed E-state index contributed by atoms with van der Waals surface area (Å²) in [4.78, 5) is 14.5. The summed E-state index contributed by atoms with van der Waals surface area (Å²) in [6.45, 7) is 10.2. The number of hydrogen-bond acceptors (Lipinski definition) is 2. The van der Waals surface area contributed by atoms with Crippen molar-refractivity contribution in [2.75, 3.05) is 13.1 Å². The average molecular weight is 409 g/mol. The molecule has 1 aromatic rings. The van der Waals surface area contributed by atoms with Crippen molar-refractivity contribution in [1.29, 1.82) is 0 Å². The lowest BCUT2D eigenvalue weighted by Crippen LogP contribution is -2.42. The number of benzene rings is 1. The lowest BCUT2D eigenvalue weighted by atomic mass is 10.2. The molecule has 0 aliphatic heterocycles. The monoisotopic (exact) mass is 408 g/mol. The molecule has 0 atom stereocenters. The van der Waals surface area contributed by atoms with Gasteiger partial charge in [0.05, 0.1) is 5.56 Å². The van der Waals surface area contributed by atoms with Crippen molar-refractivity contribution < 1.29 is 4.79 Å². The van der Waals surface area contributed by atoms with E-state index in [0.29, 0.717) is 29.2 Å². The molecule has 0 bridgehead atoms. The van der Waals surface area contributed by atoms with Crippen molar-refractivity contribution in [3.63, 3.8) is 0 Å². The van der Waals surface area contributed by atoms with Crippen LogP contribution in [-0.2, 0) is 0 Å². The minimum Gasteiger partial charge on any atom is -0.351 e. The van der Waals surface area contributed by atoms with Crippen molar-refractivity contribution >= 4 is 40.1 Å². The van der Waals surface area contributed by atoms with Crippen LogP contribution in [-0.4, -0.2) is 36.0 Å². The largest absolute Gasteiger partial charge is 0.351 e. The first kappa shape index (κ1) is 17.7. The Morgan fingerprint density at radius 2 is 1.90 bits per heavy atom. The molecule has 1 aromatic carbocycles. The molecule has 0 spiro atoms. The number of nitrogens with one attached hydrogen (secondary N) is 1. The summed E-state index contributed by atoms with van der Waals surface area (Å²) < 4.78 is 0.911. The lowest BCUT2D eigenvalue weighted by Gasteiger charge is -2.30. The van der Waals surface area contributed by atoms with Crippen LogP contribution in [0.25, 0.3) is 0 Å². The van der Waals surface area contributed by atoms with Gasteiger partial charge in [0, 0.05) is 33.8 Å². The van der Waals surface area contributed by atoms with Gasteiger partial charge in [-0.2, -0.15) is 0 Å². The van der Waals surface area contributed by atoms with Gasteiger partial charge < -0.3 is 5.32 Å². The molecular formula is C15H22ClIN2O. The van der Waals surface area contributed by atoms with E-state index in [-0.39, 0.29) is 5.91 Å². The zero-order valence-electron chi connectivity index (χ0n) is 12.4. The first-order chi connectivity index (χ1) is 9.32. The molecule has 3 nitrogen and oxygen atoms in total. The van der Waals surface area contributed by atoms with E-state index in [9.17, 15) is 4.79 Å². The molecule has 0 saturated heterocycles. The van der Waals surface area contributed by atoms with E-state index >= 15 is 0 Å². The van der Waals surface area contributed by atoms with Crippen molar-refractivity contribution in [1.82, 2.24) is 10.2 Å². The van der Waals surface area contributed by atoms with Gasteiger partial charge in [-0.05, 0) is 68.5 Å². The molecule has 112 valence electrons. The highest BCUT2D eigenvalue weighted by Gasteiger charge is 2.14. The van der Waals surface area contributed by atoms with Crippen LogP contribution in [0.4, 0.5) is 0 Å². The zero-order valence-corrected chi connectivity index (χ0v) is 15.3. The second kappa shape index (κ2) is 8.20. The number of hydrogen-bond donors (Lipinski definition) is 1. The molecule has 1 amide bonds. The predicted octanol–water partition coefficient (Wildman–Crippen LogP) is 3.79. The second-order valence-electron chi connectivity index (χ2n) is 5.31. The molecule has 0 aromatic heterocycles. The molecule has 0 aliphatic rings. The Hall–Kier alpha value is -0.330. The fourth-order valence-electron chi connectivity index (χ4n) is 2.18. The van der Waals surface area contributed by atoms with Crippen LogP contribution in [0, 0.1) is 3.57 Å². The third kappa shape index (κ3) is 5.22. The van der Waals surface area contributed by atoms with Crippen LogP contribution < -0.4 is 5.32 Å². The molecule has 0 radical (unpaired) electrons. The highest BCUT2D eigenvalue weighted by Crippen LogP contribution is 2.17. The Kier molecular flexibility index (Phi) is 7.26. The number of halogens is 2. The van der Waals surface area contributed by atoms with Crippen LogP contribution in [0.3, 0.4) is 0 Å². The van der Waals surface area contributed by atoms with E-state index in [0.717, 1.165) is 10.1 Å². The number of nitrogens with zero attached hydrogens (tertiary/aromatic N) is 1.